The maximum Gasteiger partial charge on any atom is 0.356 e. The minimum absolute atomic E-state index is 0.132. The van der Waals surface area contributed by atoms with E-state index in [1.54, 1.807) is 7.05 Å². The highest BCUT2D eigenvalue weighted by Crippen LogP contribution is 1.93. The maximum atomic E-state index is 10.8. The molecule has 21 heavy (non-hydrogen) atoms. The van der Waals surface area contributed by atoms with Crippen LogP contribution in [0.1, 0.15) is 21.0 Å². The van der Waals surface area contributed by atoms with Gasteiger partial charge in [-0.25, -0.2) is 9.59 Å². The quantitative estimate of drug-likeness (QED) is 0.607. The van der Waals surface area contributed by atoms with Crippen LogP contribution >= 0.6 is 0 Å². The Morgan fingerprint density at radius 3 is 2.00 bits per heavy atom. The molecular formula is C11H14N4O6. The fourth-order valence-electron chi connectivity index (χ4n) is 1.33. The van der Waals surface area contributed by atoms with E-state index in [2.05, 4.69) is 24.8 Å². The predicted molar refractivity (Wildman–Crippen MR) is 70.1 cm³/mol. The van der Waals surface area contributed by atoms with Crippen molar-refractivity contribution in [2.24, 2.45) is 7.05 Å². The second-order valence-corrected chi connectivity index (χ2v) is 3.72. The van der Waals surface area contributed by atoms with Gasteiger partial charge in [0.25, 0.3) is 11.1 Å². The monoisotopic (exact) mass is 298 g/mol. The van der Waals surface area contributed by atoms with Gasteiger partial charge in [0, 0.05) is 19.2 Å². The molecule has 0 atom stereocenters. The van der Waals surface area contributed by atoms with Gasteiger partial charge in [0.2, 0.25) is 0 Å². The second kappa shape index (κ2) is 6.93. The first kappa shape index (κ1) is 16.0. The fraction of sp³-hybridized carbons (Fsp3) is 0.273. The van der Waals surface area contributed by atoms with Gasteiger partial charge in [-0.05, 0) is 0 Å². The minimum atomic E-state index is -0.557. The van der Waals surface area contributed by atoms with Crippen molar-refractivity contribution in [3.8, 4) is 0 Å². The van der Waals surface area contributed by atoms with Crippen LogP contribution in [0.2, 0.25) is 0 Å². The van der Waals surface area contributed by atoms with Crippen molar-refractivity contribution in [2.45, 2.75) is 0 Å². The summed E-state index contributed by atoms with van der Waals surface area (Å²) >= 11 is 0. The summed E-state index contributed by atoms with van der Waals surface area (Å²) in [6.07, 6.45) is 0. The van der Waals surface area contributed by atoms with Gasteiger partial charge in [-0.15, -0.1) is 0 Å². The Labute approximate surface area is 117 Å². The molecule has 0 radical (unpaired) electrons. The first-order valence-corrected chi connectivity index (χ1v) is 5.59. The van der Waals surface area contributed by atoms with Gasteiger partial charge in [0.15, 0.2) is 0 Å². The summed E-state index contributed by atoms with van der Waals surface area (Å²) in [7, 11) is 4.07. The zero-order valence-electron chi connectivity index (χ0n) is 11.6. The van der Waals surface area contributed by atoms with Gasteiger partial charge >= 0.3 is 11.9 Å². The number of nitrogens with one attached hydrogen (secondary N) is 3. The van der Waals surface area contributed by atoms with Crippen LogP contribution in [-0.4, -0.2) is 46.1 Å². The summed E-state index contributed by atoms with van der Waals surface area (Å²) < 4.78 is 10.0. The van der Waals surface area contributed by atoms with Crippen LogP contribution < -0.4 is 11.1 Å². The molecule has 0 bridgehead atoms. The third kappa shape index (κ3) is 4.23. The largest absolute Gasteiger partial charge is 0.464 e. The number of hydrogen-bond acceptors (Lipinski definition) is 6. The molecule has 0 saturated heterocycles. The van der Waals surface area contributed by atoms with Gasteiger partial charge in [-0.3, -0.25) is 29.6 Å². The molecule has 0 aliphatic rings. The third-order valence-electron chi connectivity index (χ3n) is 2.30. The summed E-state index contributed by atoms with van der Waals surface area (Å²) in [5.41, 5.74) is -0.307. The van der Waals surface area contributed by atoms with Gasteiger partial charge in [-0.1, -0.05) is 0 Å². The van der Waals surface area contributed by atoms with E-state index in [0.717, 1.165) is 6.07 Å². The molecular weight excluding hydrogens is 284 g/mol. The maximum absolute atomic E-state index is 10.8. The zero-order chi connectivity index (χ0) is 16.0. The molecule has 0 aliphatic carbocycles. The Morgan fingerprint density at radius 2 is 1.62 bits per heavy atom. The molecule has 0 unspecified atom stereocenters. The molecule has 10 nitrogen and oxygen atoms in total. The number of nitrogens with zero attached hydrogens (tertiary/aromatic N) is 1. The highest BCUT2D eigenvalue weighted by molar-refractivity contribution is 5.87. The summed E-state index contributed by atoms with van der Waals surface area (Å²) in [4.78, 5) is 42.5. The summed E-state index contributed by atoms with van der Waals surface area (Å²) in [5, 5.41) is 6.93. The van der Waals surface area contributed by atoms with Gasteiger partial charge in [-0.2, -0.15) is 0 Å². The number of H-pyrrole nitrogens is 3. The lowest BCUT2D eigenvalue weighted by Crippen LogP contribution is -2.08. The van der Waals surface area contributed by atoms with E-state index < -0.39 is 11.9 Å². The van der Waals surface area contributed by atoms with Gasteiger partial charge in [0.1, 0.15) is 11.4 Å². The van der Waals surface area contributed by atoms with Crippen LogP contribution in [0.15, 0.2) is 21.7 Å². The lowest BCUT2D eigenvalue weighted by atomic mass is 10.4. The Balaban J connectivity index is 0.000000211. The second-order valence-electron chi connectivity index (χ2n) is 3.72. The molecule has 2 aromatic heterocycles. The first-order chi connectivity index (χ1) is 9.88. The summed E-state index contributed by atoms with van der Waals surface area (Å²) in [6.45, 7) is 0. The first-order valence-electron chi connectivity index (χ1n) is 5.59. The molecule has 3 N–H and O–H groups in total. The number of carbonyl (C=O) groups is 2. The molecule has 0 amide bonds. The number of methoxy groups -OCH3 is 2. The average molecular weight is 298 g/mol. The lowest BCUT2D eigenvalue weighted by molar-refractivity contribution is 0.0582. The van der Waals surface area contributed by atoms with Crippen molar-refractivity contribution in [1.82, 2.24) is 20.0 Å². The predicted octanol–water partition coefficient (Wildman–Crippen LogP) is -1.01. The van der Waals surface area contributed by atoms with E-state index >= 15 is 0 Å². The zero-order valence-corrected chi connectivity index (χ0v) is 11.6. The van der Waals surface area contributed by atoms with E-state index in [-0.39, 0.29) is 22.5 Å². The molecule has 2 heterocycles. The number of esters is 2. The highest BCUT2D eigenvalue weighted by Gasteiger charge is 2.10. The van der Waals surface area contributed by atoms with Crippen LogP contribution in [0.3, 0.4) is 0 Å². The van der Waals surface area contributed by atoms with E-state index in [1.807, 2.05) is 0 Å². The molecule has 0 aliphatic heterocycles. The van der Waals surface area contributed by atoms with E-state index in [9.17, 15) is 19.2 Å². The molecule has 2 rings (SSSR count). The number of hydrogen-bond donors (Lipinski definition) is 3. The van der Waals surface area contributed by atoms with Crippen LogP contribution in [0.5, 0.6) is 0 Å². The molecule has 0 saturated carbocycles. The van der Waals surface area contributed by atoms with E-state index in [1.165, 1.54) is 25.0 Å². The number of rotatable bonds is 2. The minimum Gasteiger partial charge on any atom is -0.464 e. The van der Waals surface area contributed by atoms with Crippen molar-refractivity contribution >= 4 is 11.9 Å². The smallest absolute Gasteiger partial charge is 0.356 e. The van der Waals surface area contributed by atoms with Crippen LogP contribution in [-0.2, 0) is 16.5 Å². The van der Waals surface area contributed by atoms with Crippen molar-refractivity contribution in [3.63, 3.8) is 0 Å². The molecule has 0 spiro atoms. The van der Waals surface area contributed by atoms with Crippen molar-refractivity contribution in [1.29, 1.82) is 0 Å². The standard InChI is InChI=1S/C6H8N2O3.C5H6N2O3/c1-8-4(6(10)11-2)3-5(9)7-8;1-10-5(9)3-2-4(8)7-6-3/h3H,1-2H3,(H,7,9);2H,1H3,(H2,6,7,8). The Bertz CT molecular complexity index is 734. The third-order valence-corrected chi connectivity index (χ3v) is 2.30. The van der Waals surface area contributed by atoms with Gasteiger partial charge < -0.3 is 9.47 Å². The number of aromatic nitrogens is 4. The molecule has 114 valence electrons. The Morgan fingerprint density at radius 1 is 1.00 bits per heavy atom. The van der Waals surface area contributed by atoms with Crippen molar-refractivity contribution in [3.05, 3.63) is 44.2 Å². The van der Waals surface area contributed by atoms with Crippen molar-refractivity contribution in [2.75, 3.05) is 14.2 Å². The summed E-state index contributed by atoms with van der Waals surface area (Å²) in [5.74, 6) is -1.08. The normalized spacial score (nSPS) is 9.48. The van der Waals surface area contributed by atoms with Crippen LogP contribution in [0, 0.1) is 0 Å². The van der Waals surface area contributed by atoms with E-state index in [4.69, 9.17) is 0 Å². The number of aryl methyl sites for hydroxylation is 1. The molecule has 10 heteroatoms. The number of aromatic amines is 3. The number of ether oxygens (including phenoxy) is 2. The van der Waals surface area contributed by atoms with E-state index in [0.29, 0.717) is 0 Å². The van der Waals surface area contributed by atoms with Crippen LogP contribution in [0.4, 0.5) is 0 Å². The fourth-order valence-corrected chi connectivity index (χ4v) is 1.33. The lowest BCUT2D eigenvalue weighted by Gasteiger charge is -1.97. The summed E-state index contributed by atoms with van der Waals surface area (Å²) in [6, 6.07) is 2.32. The van der Waals surface area contributed by atoms with Crippen LogP contribution in [0.25, 0.3) is 0 Å². The Hall–Kier alpha value is -3.04. The SMILES string of the molecule is COC(=O)c1cc(=O)[nH][nH]1.COC(=O)c1cc(=O)[nH]n1C. The topological polar surface area (TPSA) is 139 Å². The average Bonchev–Trinajstić information content (AvgIpc) is 3.03. The molecule has 0 aromatic carbocycles. The van der Waals surface area contributed by atoms with Gasteiger partial charge in [0.05, 0.1) is 14.2 Å². The molecule has 0 fully saturated rings. The molecule has 2 aromatic rings. The van der Waals surface area contributed by atoms with Crippen molar-refractivity contribution < 1.29 is 19.1 Å². The highest BCUT2D eigenvalue weighted by atomic mass is 16.5. The Kier molecular flexibility index (Phi) is 5.29. The number of carbonyl (C=O) groups excluding carboxylic acids is 2.